The first kappa shape index (κ1) is 14.2. The highest BCUT2D eigenvalue weighted by atomic mass is 35.5. The third kappa shape index (κ3) is 3.62. The molecule has 1 nitrogen and oxygen atoms in total. The summed E-state index contributed by atoms with van der Waals surface area (Å²) in [5, 5.41) is 3.24. The second-order valence-corrected chi connectivity index (χ2v) is 5.42. The van der Waals surface area contributed by atoms with Gasteiger partial charge in [-0.25, -0.2) is 4.39 Å². The normalized spacial score (nSPS) is 10.6. The average molecular weight is 298 g/mol. The van der Waals surface area contributed by atoms with E-state index < -0.39 is 5.82 Å². The Kier molecular flexibility index (Phi) is 4.33. The van der Waals surface area contributed by atoms with Gasteiger partial charge in [-0.2, -0.15) is 0 Å². The zero-order chi connectivity index (χ0) is 14.0. The smallest absolute Gasteiger partial charge is 0.160 e. The number of aryl methyl sites for hydroxylation is 2. The first-order valence-corrected chi connectivity index (χ1v) is 6.67. The van der Waals surface area contributed by atoms with E-state index >= 15 is 0 Å². The van der Waals surface area contributed by atoms with E-state index in [2.05, 4.69) is 37.4 Å². The molecule has 0 aliphatic carbocycles. The van der Waals surface area contributed by atoms with Gasteiger partial charge in [0.05, 0.1) is 10.0 Å². The highest BCUT2D eigenvalue weighted by Gasteiger charge is 2.07. The van der Waals surface area contributed by atoms with Gasteiger partial charge in [-0.1, -0.05) is 52.5 Å². The second kappa shape index (κ2) is 5.81. The molecule has 19 heavy (non-hydrogen) atoms. The second-order valence-electron chi connectivity index (χ2n) is 4.60. The molecule has 1 N–H and O–H groups in total. The van der Waals surface area contributed by atoms with Crippen molar-refractivity contribution in [1.29, 1.82) is 0 Å². The Labute approximate surface area is 122 Å². The number of hydrogen-bond acceptors (Lipinski definition) is 1. The van der Waals surface area contributed by atoms with Crippen LogP contribution >= 0.6 is 23.2 Å². The lowest BCUT2D eigenvalue weighted by Crippen LogP contribution is -2.00. The Bertz CT molecular complexity index is 568. The van der Waals surface area contributed by atoms with Crippen LogP contribution in [0.4, 0.5) is 10.1 Å². The fourth-order valence-electron chi connectivity index (χ4n) is 2.03. The molecule has 100 valence electrons. The van der Waals surface area contributed by atoms with Crippen LogP contribution in [0.25, 0.3) is 0 Å². The van der Waals surface area contributed by atoms with Crippen molar-refractivity contribution < 1.29 is 4.39 Å². The molecule has 0 aliphatic heterocycles. The van der Waals surface area contributed by atoms with E-state index in [-0.39, 0.29) is 10.0 Å². The lowest BCUT2D eigenvalue weighted by molar-refractivity contribution is 0.629. The molecule has 2 rings (SSSR count). The quantitative estimate of drug-likeness (QED) is 0.752. The number of nitrogens with one attached hydrogen (secondary N) is 1. The van der Waals surface area contributed by atoms with Gasteiger partial charge < -0.3 is 5.32 Å². The van der Waals surface area contributed by atoms with Crippen molar-refractivity contribution in [1.82, 2.24) is 0 Å². The Morgan fingerprint density at radius 2 is 1.47 bits per heavy atom. The van der Waals surface area contributed by atoms with Gasteiger partial charge in [0.2, 0.25) is 0 Å². The first-order valence-electron chi connectivity index (χ1n) is 5.91. The summed E-state index contributed by atoms with van der Waals surface area (Å²) in [5.74, 6) is -0.583. The number of benzene rings is 2. The predicted octanol–water partition coefficient (Wildman–Crippen LogP) is 5.36. The predicted molar refractivity (Wildman–Crippen MR) is 79.7 cm³/mol. The molecule has 0 bridgehead atoms. The van der Waals surface area contributed by atoms with E-state index in [1.165, 1.54) is 23.3 Å². The van der Waals surface area contributed by atoms with Gasteiger partial charge in [0, 0.05) is 12.2 Å². The van der Waals surface area contributed by atoms with Crippen LogP contribution in [-0.2, 0) is 6.54 Å². The van der Waals surface area contributed by atoms with Crippen LogP contribution in [0.5, 0.6) is 0 Å². The molecule has 0 aromatic heterocycles. The lowest BCUT2D eigenvalue weighted by Gasteiger charge is -2.10. The Morgan fingerprint density at radius 3 is 2.00 bits per heavy atom. The van der Waals surface area contributed by atoms with Crippen LogP contribution in [0.15, 0.2) is 30.3 Å². The number of anilines is 1. The monoisotopic (exact) mass is 297 g/mol. The summed E-state index contributed by atoms with van der Waals surface area (Å²) < 4.78 is 13.3. The van der Waals surface area contributed by atoms with Gasteiger partial charge in [0.15, 0.2) is 5.82 Å². The van der Waals surface area contributed by atoms with Crippen molar-refractivity contribution in [2.24, 2.45) is 0 Å². The fourth-order valence-corrected chi connectivity index (χ4v) is 2.52. The van der Waals surface area contributed by atoms with E-state index in [1.807, 2.05) is 0 Å². The summed E-state index contributed by atoms with van der Waals surface area (Å²) in [6.45, 7) is 4.76. The molecular weight excluding hydrogens is 284 g/mol. The molecule has 0 saturated carbocycles. The summed E-state index contributed by atoms with van der Waals surface area (Å²) >= 11 is 11.5. The Balaban J connectivity index is 2.14. The number of rotatable bonds is 3. The van der Waals surface area contributed by atoms with Gasteiger partial charge in [0.25, 0.3) is 0 Å². The molecule has 2 aromatic carbocycles. The van der Waals surface area contributed by atoms with E-state index in [1.54, 1.807) is 0 Å². The van der Waals surface area contributed by atoms with Crippen LogP contribution in [0.1, 0.15) is 16.7 Å². The largest absolute Gasteiger partial charge is 0.381 e. The standard InChI is InChI=1S/C15H14Cl2FN/c1-9-3-10(2)5-11(4-9)8-19-12-6-13(16)15(18)14(17)7-12/h3-7,19H,8H2,1-2H3. The lowest BCUT2D eigenvalue weighted by atomic mass is 10.1. The third-order valence-corrected chi connectivity index (χ3v) is 3.31. The molecule has 0 aliphatic rings. The molecule has 2 aromatic rings. The molecular formula is C15H14Cl2FN. The van der Waals surface area contributed by atoms with Crippen LogP contribution in [-0.4, -0.2) is 0 Å². The maximum atomic E-state index is 13.3. The Morgan fingerprint density at radius 1 is 0.947 bits per heavy atom. The molecule has 0 radical (unpaired) electrons. The molecule has 0 fully saturated rings. The highest BCUT2D eigenvalue weighted by molar-refractivity contribution is 6.35. The minimum atomic E-state index is -0.583. The van der Waals surface area contributed by atoms with Crippen molar-refractivity contribution in [2.45, 2.75) is 20.4 Å². The maximum absolute atomic E-state index is 13.3. The average Bonchev–Trinajstić information content (AvgIpc) is 2.32. The fraction of sp³-hybridized carbons (Fsp3) is 0.200. The minimum Gasteiger partial charge on any atom is -0.381 e. The highest BCUT2D eigenvalue weighted by Crippen LogP contribution is 2.27. The van der Waals surface area contributed by atoms with Crippen LogP contribution < -0.4 is 5.32 Å². The van der Waals surface area contributed by atoms with E-state index in [9.17, 15) is 4.39 Å². The molecule has 0 amide bonds. The first-order chi connectivity index (χ1) is 8.95. The van der Waals surface area contributed by atoms with Crippen molar-refractivity contribution in [3.8, 4) is 0 Å². The molecule has 0 saturated heterocycles. The topological polar surface area (TPSA) is 12.0 Å². The molecule has 0 spiro atoms. The van der Waals surface area contributed by atoms with Gasteiger partial charge in [0.1, 0.15) is 0 Å². The number of hydrogen-bond donors (Lipinski definition) is 1. The van der Waals surface area contributed by atoms with Gasteiger partial charge >= 0.3 is 0 Å². The van der Waals surface area contributed by atoms with E-state index in [4.69, 9.17) is 23.2 Å². The van der Waals surface area contributed by atoms with Crippen LogP contribution in [0.2, 0.25) is 10.0 Å². The SMILES string of the molecule is Cc1cc(C)cc(CNc2cc(Cl)c(F)c(Cl)c2)c1. The van der Waals surface area contributed by atoms with Crippen molar-refractivity contribution in [3.63, 3.8) is 0 Å². The van der Waals surface area contributed by atoms with Crippen LogP contribution in [0.3, 0.4) is 0 Å². The van der Waals surface area contributed by atoms with Crippen molar-refractivity contribution in [3.05, 3.63) is 62.9 Å². The molecule has 4 heteroatoms. The summed E-state index contributed by atoms with van der Waals surface area (Å²) in [6, 6.07) is 9.39. The molecule has 0 atom stereocenters. The zero-order valence-electron chi connectivity index (χ0n) is 10.7. The summed E-state index contributed by atoms with van der Waals surface area (Å²) in [6.07, 6.45) is 0. The number of halogens is 3. The molecule has 0 heterocycles. The van der Waals surface area contributed by atoms with Gasteiger partial charge in [-0.15, -0.1) is 0 Å². The molecule has 0 unspecified atom stereocenters. The zero-order valence-corrected chi connectivity index (χ0v) is 12.2. The van der Waals surface area contributed by atoms with E-state index in [0.717, 1.165) is 5.56 Å². The van der Waals surface area contributed by atoms with Crippen molar-refractivity contribution in [2.75, 3.05) is 5.32 Å². The maximum Gasteiger partial charge on any atom is 0.160 e. The van der Waals surface area contributed by atoms with E-state index in [0.29, 0.717) is 12.2 Å². The van der Waals surface area contributed by atoms with Gasteiger partial charge in [-0.3, -0.25) is 0 Å². The Hall–Kier alpha value is -1.25. The summed E-state index contributed by atoms with van der Waals surface area (Å²) in [5.41, 5.74) is 4.29. The van der Waals surface area contributed by atoms with Crippen molar-refractivity contribution >= 4 is 28.9 Å². The van der Waals surface area contributed by atoms with Crippen LogP contribution in [0, 0.1) is 19.7 Å². The minimum absolute atomic E-state index is 0.0235. The van der Waals surface area contributed by atoms with Gasteiger partial charge in [-0.05, 0) is 31.5 Å². The summed E-state index contributed by atoms with van der Waals surface area (Å²) in [7, 11) is 0. The third-order valence-electron chi connectivity index (χ3n) is 2.76. The summed E-state index contributed by atoms with van der Waals surface area (Å²) in [4.78, 5) is 0.